The molecule has 2 unspecified atom stereocenters. The fourth-order valence-corrected chi connectivity index (χ4v) is 4.95. The number of nitrogens with one attached hydrogen (secondary N) is 1. The highest BCUT2D eigenvalue weighted by molar-refractivity contribution is 7.92. The molecule has 0 heterocycles. The lowest BCUT2D eigenvalue weighted by Gasteiger charge is -2.32. The number of rotatable bonds is 13. The van der Waals surface area contributed by atoms with Crippen molar-refractivity contribution in [2.45, 2.75) is 71.3 Å². The van der Waals surface area contributed by atoms with Crippen LogP contribution < -0.4 is 9.62 Å². The van der Waals surface area contributed by atoms with Gasteiger partial charge in [-0.3, -0.25) is 13.9 Å². The van der Waals surface area contributed by atoms with Gasteiger partial charge in [0.2, 0.25) is 21.8 Å². The largest absolute Gasteiger partial charge is 0.416 e. The first-order valence-corrected chi connectivity index (χ1v) is 14.5. The van der Waals surface area contributed by atoms with Crippen molar-refractivity contribution in [3.05, 3.63) is 65.5 Å². The second kappa shape index (κ2) is 13.8. The van der Waals surface area contributed by atoms with E-state index in [1.165, 1.54) is 35.2 Å². The standard InChI is InChI=1S/C27H35F4N3O4S/c1-5-19(3)32-26(36)24(6-2)33(18-20-12-14-22(28)15-13-20)25(35)11-8-16-34(39(4,37)38)23-10-7-9-21(17-23)27(29,30)31/h7,9-10,12-15,17,19,24H,5-6,8,11,16,18H2,1-4H3,(H,32,36). The number of anilines is 1. The van der Waals surface area contributed by atoms with Gasteiger partial charge in [-0.2, -0.15) is 13.2 Å². The van der Waals surface area contributed by atoms with Crippen molar-refractivity contribution < 1.29 is 35.6 Å². The van der Waals surface area contributed by atoms with Gasteiger partial charge in [0.05, 0.1) is 17.5 Å². The Labute approximate surface area is 227 Å². The van der Waals surface area contributed by atoms with Gasteiger partial charge in [-0.1, -0.05) is 32.0 Å². The maximum Gasteiger partial charge on any atom is 0.416 e. The highest BCUT2D eigenvalue weighted by Crippen LogP contribution is 2.32. The van der Waals surface area contributed by atoms with Gasteiger partial charge in [-0.05, 0) is 62.1 Å². The number of carbonyl (C=O) groups is 2. The van der Waals surface area contributed by atoms with Gasteiger partial charge in [0.15, 0.2) is 0 Å². The monoisotopic (exact) mass is 573 g/mol. The number of alkyl halides is 3. The van der Waals surface area contributed by atoms with Gasteiger partial charge >= 0.3 is 6.18 Å². The predicted octanol–water partition coefficient (Wildman–Crippen LogP) is 5.11. The van der Waals surface area contributed by atoms with E-state index in [1.54, 1.807) is 6.92 Å². The maximum atomic E-state index is 13.4. The first kappa shape index (κ1) is 32.1. The number of hydrogen-bond donors (Lipinski definition) is 1. The summed E-state index contributed by atoms with van der Waals surface area (Å²) in [5.41, 5.74) is -0.558. The van der Waals surface area contributed by atoms with E-state index in [4.69, 9.17) is 0 Å². The summed E-state index contributed by atoms with van der Waals surface area (Å²) >= 11 is 0. The van der Waals surface area contributed by atoms with E-state index in [0.717, 1.165) is 28.8 Å². The Bertz CT molecular complexity index is 1220. The molecule has 0 fully saturated rings. The number of amides is 2. The van der Waals surface area contributed by atoms with Crippen molar-refractivity contribution in [3.63, 3.8) is 0 Å². The van der Waals surface area contributed by atoms with Crippen molar-refractivity contribution >= 4 is 27.5 Å². The van der Waals surface area contributed by atoms with Gasteiger partial charge in [0.1, 0.15) is 11.9 Å². The van der Waals surface area contributed by atoms with E-state index in [1.807, 2.05) is 13.8 Å². The minimum absolute atomic E-state index is 0.00845. The quantitative estimate of drug-likeness (QED) is 0.338. The van der Waals surface area contributed by atoms with Crippen LogP contribution in [0, 0.1) is 5.82 Å². The molecule has 2 amide bonds. The third-order valence-corrected chi connectivity index (χ3v) is 7.46. The Balaban J connectivity index is 2.26. The highest BCUT2D eigenvalue weighted by atomic mass is 32.2. The zero-order valence-electron chi connectivity index (χ0n) is 22.5. The van der Waals surface area contributed by atoms with E-state index < -0.39 is 39.5 Å². The maximum absolute atomic E-state index is 13.4. The molecule has 0 aliphatic carbocycles. The smallest absolute Gasteiger partial charge is 0.352 e. The summed E-state index contributed by atoms with van der Waals surface area (Å²) in [5.74, 6) is -1.24. The Hall–Kier alpha value is -3.15. The molecule has 0 bridgehead atoms. The van der Waals surface area contributed by atoms with E-state index in [2.05, 4.69) is 5.32 Å². The zero-order valence-corrected chi connectivity index (χ0v) is 23.3. The SMILES string of the molecule is CCC(C)NC(=O)C(CC)N(Cc1ccc(F)cc1)C(=O)CCCN(c1cccc(C(F)(F)F)c1)S(C)(=O)=O. The molecule has 39 heavy (non-hydrogen) atoms. The summed E-state index contributed by atoms with van der Waals surface area (Å²) in [6.45, 7) is 5.28. The lowest BCUT2D eigenvalue weighted by molar-refractivity contribution is -0.141. The molecule has 2 rings (SSSR count). The topological polar surface area (TPSA) is 86.8 Å². The molecule has 2 aromatic rings. The molecule has 7 nitrogen and oxygen atoms in total. The molecule has 0 spiro atoms. The Morgan fingerprint density at radius 1 is 1.03 bits per heavy atom. The molecule has 0 radical (unpaired) electrons. The molecule has 0 aromatic heterocycles. The number of carbonyl (C=O) groups excluding carboxylic acids is 2. The van der Waals surface area contributed by atoms with E-state index in [-0.39, 0.29) is 43.6 Å². The summed E-state index contributed by atoms with van der Waals surface area (Å²) < 4.78 is 78.6. The second-order valence-electron chi connectivity index (χ2n) is 9.38. The zero-order chi connectivity index (χ0) is 29.4. The van der Waals surface area contributed by atoms with Crippen LogP contribution in [0.15, 0.2) is 48.5 Å². The van der Waals surface area contributed by atoms with Crippen molar-refractivity contribution in [2.75, 3.05) is 17.1 Å². The summed E-state index contributed by atoms with van der Waals surface area (Å²) in [4.78, 5) is 27.8. The molecule has 0 aliphatic heterocycles. The third-order valence-electron chi connectivity index (χ3n) is 6.27. The summed E-state index contributed by atoms with van der Waals surface area (Å²) in [5, 5.41) is 2.87. The fourth-order valence-electron chi connectivity index (χ4n) is 3.99. The summed E-state index contributed by atoms with van der Waals surface area (Å²) in [6, 6.07) is 8.53. The van der Waals surface area contributed by atoms with Crippen LogP contribution in [0.2, 0.25) is 0 Å². The number of sulfonamides is 1. The van der Waals surface area contributed by atoms with Crippen molar-refractivity contribution in [1.82, 2.24) is 10.2 Å². The lowest BCUT2D eigenvalue weighted by Crippen LogP contribution is -2.50. The van der Waals surface area contributed by atoms with Crippen LogP contribution in [0.3, 0.4) is 0 Å². The van der Waals surface area contributed by atoms with Gasteiger partial charge < -0.3 is 10.2 Å². The van der Waals surface area contributed by atoms with Gasteiger partial charge in [0.25, 0.3) is 0 Å². The van der Waals surface area contributed by atoms with Crippen LogP contribution in [0.25, 0.3) is 0 Å². The first-order valence-electron chi connectivity index (χ1n) is 12.7. The van der Waals surface area contributed by atoms with Gasteiger partial charge in [-0.25, -0.2) is 12.8 Å². The van der Waals surface area contributed by atoms with Crippen LogP contribution >= 0.6 is 0 Å². The molecular weight excluding hydrogens is 538 g/mol. The van der Waals surface area contributed by atoms with Gasteiger partial charge in [0, 0.05) is 25.6 Å². The predicted molar refractivity (Wildman–Crippen MR) is 142 cm³/mol. The Kier molecular flexibility index (Phi) is 11.3. The van der Waals surface area contributed by atoms with Crippen LogP contribution in [0.4, 0.5) is 23.2 Å². The average molecular weight is 574 g/mol. The Morgan fingerprint density at radius 3 is 2.21 bits per heavy atom. The van der Waals surface area contributed by atoms with Crippen LogP contribution in [-0.2, 0) is 32.3 Å². The number of nitrogens with zero attached hydrogens (tertiary/aromatic N) is 2. The Morgan fingerprint density at radius 2 is 1.67 bits per heavy atom. The minimum Gasteiger partial charge on any atom is -0.352 e. The average Bonchev–Trinajstić information content (AvgIpc) is 2.86. The highest BCUT2D eigenvalue weighted by Gasteiger charge is 2.32. The molecule has 0 aliphatic rings. The first-order chi connectivity index (χ1) is 18.2. The fraction of sp³-hybridized carbons (Fsp3) is 0.481. The number of halogens is 4. The van der Waals surface area contributed by atoms with Crippen LogP contribution in [0.1, 0.15) is 57.6 Å². The second-order valence-corrected chi connectivity index (χ2v) is 11.3. The van der Waals surface area contributed by atoms with E-state index in [0.29, 0.717) is 18.4 Å². The molecule has 216 valence electrons. The van der Waals surface area contributed by atoms with Gasteiger partial charge in [-0.15, -0.1) is 0 Å². The normalized spacial score (nSPS) is 13.4. The molecule has 0 saturated carbocycles. The molecule has 2 atom stereocenters. The number of hydrogen-bond acceptors (Lipinski definition) is 4. The van der Waals surface area contributed by atoms with E-state index in [9.17, 15) is 35.6 Å². The molecule has 0 saturated heterocycles. The van der Waals surface area contributed by atoms with Crippen molar-refractivity contribution in [1.29, 1.82) is 0 Å². The van der Waals surface area contributed by atoms with Crippen molar-refractivity contribution in [2.24, 2.45) is 0 Å². The minimum atomic E-state index is -4.65. The molecule has 12 heteroatoms. The lowest BCUT2D eigenvalue weighted by atomic mass is 10.1. The van der Waals surface area contributed by atoms with Crippen molar-refractivity contribution in [3.8, 4) is 0 Å². The van der Waals surface area contributed by atoms with Crippen LogP contribution in [0.5, 0.6) is 0 Å². The third kappa shape index (κ3) is 9.52. The van der Waals surface area contributed by atoms with Crippen LogP contribution in [-0.4, -0.2) is 50.0 Å². The summed E-state index contributed by atoms with van der Waals surface area (Å²) in [7, 11) is -3.96. The molecule has 2 aromatic carbocycles. The molecule has 1 N–H and O–H groups in total. The number of benzene rings is 2. The van der Waals surface area contributed by atoms with E-state index >= 15 is 0 Å². The molecular formula is C27H35F4N3O4S. The summed E-state index contributed by atoms with van der Waals surface area (Å²) in [6.07, 6.45) is -2.96.